The molecule has 6 heteroatoms. The highest BCUT2D eigenvalue weighted by Gasteiger charge is 2.13. The molecule has 0 aliphatic heterocycles. The van der Waals surface area contributed by atoms with Crippen molar-refractivity contribution in [3.8, 4) is 11.5 Å². The Bertz CT molecular complexity index is 747. The van der Waals surface area contributed by atoms with Crippen LogP contribution in [0.3, 0.4) is 0 Å². The third-order valence-electron chi connectivity index (χ3n) is 3.68. The molecule has 2 N–H and O–H groups in total. The normalized spacial score (nSPS) is 11.3. The predicted octanol–water partition coefficient (Wildman–Crippen LogP) is 4.39. The molecule has 0 heterocycles. The predicted molar refractivity (Wildman–Crippen MR) is 108 cm³/mol. The number of anilines is 1. The van der Waals surface area contributed by atoms with E-state index < -0.39 is 0 Å². The number of hydrogen-bond donors (Lipinski definition) is 2. The molecule has 2 rings (SSSR count). The fourth-order valence-electron chi connectivity index (χ4n) is 2.20. The van der Waals surface area contributed by atoms with E-state index in [-0.39, 0.29) is 17.1 Å². The van der Waals surface area contributed by atoms with Crippen LogP contribution >= 0.6 is 12.2 Å². The maximum Gasteiger partial charge on any atom is 0.261 e. The minimum atomic E-state index is -0.316. The Morgan fingerprint density at radius 2 is 1.81 bits per heavy atom. The molecule has 0 saturated heterocycles. The number of thiocarbonyl (C=S) groups is 1. The van der Waals surface area contributed by atoms with E-state index in [9.17, 15) is 4.79 Å². The van der Waals surface area contributed by atoms with Crippen molar-refractivity contribution in [2.45, 2.75) is 33.3 Å². The van der Waals surface area contributed by atoms with Gasteiger partial charge >= 0.3 is 0 Å². The fourth-order valence-corrected chi connectivity index (χ4v) is 2.41. The van der Waals surface area contributed by atoms with Gasteiger partial charge in [-0.3, -0.25) is 10.1 Å². The van der Waals surface area contributed by atoms with E-state index in [0.717, 1.165) is 17.9 Å². The summed E-state index contributed by atoms with van der Waals surface area (Å²) in [6.07, 6.45) is 1.11. The van der Waals surface area contributed by atoms with Crippen LogP contribution in [0.1, 0.15) is 37.6 Å². The standard InChI is InChI=1S/C20H24N2O3S/c1-4-14(3)25-16-12-10-15(11-13-16)21-20(26)22-19(23)17-8-6-7-9-18(17)24-5-2/h6-14H,4-5H2,1-3H3,(H2,21,22,23,26). The van der Waals surface area contributed by atoms with Crippen molar-refractivity contribution >= 4 is 28.9 Å². The fraction of sp³-hybridized carbons (Fsp3) is 0.300. The number of nitrogens with one attached hydrogen (secondary N) is 2. The van der Waals surface area contributed by atoms with Gasteiger partial charge in [-0.1, -0.05) is 19.1 Å². The van der Waals surface area contributed by atoms with Crippen molar-refractivity contribution < 1.29 is 14.3 Å². The van der Waals surface area contributed by atoms with Gasteiger partial charge in [0.05, 0.1) is 18.3 Å². The first-order valence-electron chi connectivity index (χ1n) is 8.64. The van der Waals surface area contributed by atoms with E-state index in [4.69, 9.17) is 21.7 Å². The number of benzene rings is 2. The zero-order valence-corrected chi connectivity index (χ0v) is 16.1. The molecule has 0 radical (unpaired) electrons. The molecule has 0 bridgehead atoms. The Balaban J connectivity index is 1.95. The topological polar surface area (TPSA) is 59.6 Å². The number of carbonyl (C=O) groups is 1. The van der Waals surface area contributed by atoms with E-state index in [1.54, 1.807) is 18.2 Å². The van der Waals surface area contributed by atoms with Crippen LogP contribution in [-0.4, -0.2) is 23.7 Å². The molecule has 0 fully saturated rings. The first-order valence-corrected chi connectivity index (χ1v) is 9.05. The molecular formula is C20H24N2O3S. The third-order valence-corrected chi connectivity index (χ3v) is 3.89. The Labute approximate surface area is 159 Å². The molecule has 2 aromatic rings. The van der Waals surface area contributed by atoms with Gasteiger partial charge in [-0.25, -0.2) is 0 Å². The highest BCUT2D eigenvalue weighted by Crippen LogP contribution is 2.19. The van der Waals surface area contributed by atoms with Gasteiger partial charge in [0, 0.05) is 5.69 Å². The van der Waals surface area contributed by atoms with E-state index >= 15 is 0 Å². The second kappa shape index (κ2) is 9.77. The number of amides is 1. The average Bonchev–Trinajstić information content (AvgIpc) is 2.63. The molecule has 1 unspecified atom stereocenters. The Hall–Kier alpha value is -2.60. The van der Waals surface area contributed by atoms with Crippen molar-refractivity contribution in [3.63, 3.8) is 0 Å². The molecule has 1 atom stereocenters. The lowest BCUT2D eigenvalue weighted by Gasteiger charge is -2.14. The van der Waals surface area contributed by atoms with Gasteiger partial charge in [0.1, 0.15) is 11.5 Å². The van der Waals surface area contributed by atoms with Gasteiger partial charge in [0.15, 0.2) is 5.11 Å². The summed E-state index contributed by atoms with van der Waals surface area (Å²) < 4.78 is 11.2. The summed E-state index contributed by atoms with van der Waals surface area (Å²) in [5, 5.41) is 5.88. The maximum absolute atomic E-state index is 12.4. The second-order valence-corrected chi connectivity index (χ2v) is 6.11. The minimum absolute atomic E-state index is 0.166. The number of para-hydroxylation sites is 1. The van der Waals surface area contributed by atoms with Gasteiger partial charge in [-0.2, -0.15) is 0 Å². The van der Waals surface area contributed by atoms with Crippen molar-refractivity contribution in [2.75, 3.05) is 11.9 Å². The minimum Gasteiger partial charge on any atom is -0.493 e. The van der Waals surface area contributed by atoms with Crippen LogP contribution in [0.25, 0.3) is 0 Å². The van der Waals surface area contributed by atoms with E-state index in [2.05, 4.69) is 17.6 Å². The van der Waals surface area contributed by atoms with Crippen LogP contribution in [-0.2, 0) is 0 Å². The molecule has 2 aromatic carbocycles. The Morgan fingerprint density at radius 3 is 2.46 bits per heavy atom. The van der Waals surface area contributed by atoms with Gasteiger partial charge in [-0.15, -0.1) is 0 Å². The first-order chi connectivity index (χ1) is 12.5. The summed E-state index contributed by atoms with van der Waals surface area (Å²) in [7, 11) is 0. The van der Waals surface area contributed by atoms with Gasteiger partial charge in [0.2, 0.25) is 0 Å². The molecule has 0 aromatic heterocycles. The molecule has 138 valence electrons. The number of rotatable bonds is 7. The number of hydrogen-bond acceptors (Lipinski definition) is 4. The summed E-state index contributed by atoms with van der Waals surface area (Å²) in [5.41, 5.74) is 1.21. The van der Waals surface area contributed by atoms with Gasteiger partial charge in [0.25, 0.3) is 5.91 Å². The monoisotopic (exact) mass is 372 g/mol. The lowest BCUT2D eigenvalue weighted by Crippen LogP contribution is -2.34. The smallest absolute Gasteiger partial charge is 0.261 e. The van der Waals surface area contributed by atoms with E-state index in [1.165, 1.54) is 0 Å². The SMILES string of the molecule is CCOc1ccccc1C(=O)NC(=S)Nc1ccc(OC(C)CC)cc1. The maximum atomic E-state index is 12.4. The van der Waals surface area contributed by atoms with Crippen molar-refractivity contribution in [1.29, 1.82) is 0 Å². The number of ether oxygens (including phenoxy) is 2. The first kappa shape index (κ1) is 19.7. The second-order valence-electron chi connectivity index (χ2n) is 5.70. The highest BCUT2D eigenvalue weighted by molar-refractivity contribution is 7.80. The quantitative estimate of drug-likeness (QED) is 0.706. The molecule has 0 aliphatic carbocycles. The van der Waals surface area contributed by atoms with E-state index in [1.807, 2.05) is 44.2 Å². The van der Waals surface area contributed by atoms with Crippen molar-refractivity contribution in [2.24, 2.45) is 0 Å². The van der Waals surface area contributed by atoms with Crippen LogP contribution in [0.15, 0.2) is 48.5 Å². The zero-order valence-electron chi connectivity index (χ0n) is 15.2. The molecule has 0 saturated carbocycles. The van der Waals surface area contributed by atoms with Gasteiger partial charge < -0.3 is 14.8 Å². The molecular weight excluding hydrogens is 348 g/mol. The lowest BCUT2D eigenvalue weighted by molar-refractivity contribution is 0.0974. The summed E-state index contributed by atoms with van der Waals surface area (Å²) >= 11 is 5.23. The average molecular weight is 372 g/mol. The lowest BCUT2D eigenvalue weighted by atomic mass is 10.2. The summed E-state index contributed by atoms with van der Waals surface area (Å²) in [5.74, 6) is 1.01. The largest absolute Gasteiger partial charge is 0.493 e. The highest BCUT2D eigenvalue weighted by atomic mass is 32.1. The number of carbonyl (C=O) groups excluding carboxylic acids is 1. The van der Waals surface area contributed by atoms with Crippen LogP contribution in [0, 0.1) is 0 Å². The van der Waals surface area contributed by atoms with Crippen LogP contribution in [0.5, 0.6) is 11.5 Å². The molecule has 0 spiro atoms. The van der Waals surface area contributed by atoms with Gasteiger partial charge in [-0.05, 0) is 68.9 Å². The molecule has 1 amide bonds. The van der Waals surface area contributed by atoms with Crippen LogP contribution < -0.4 is 20.1 Å². The van der Waals surface area contributed by atoms with Crippen LogP contribution in [0.2, 0.25) is 0 Å². The summed E-state index contributed by atoms with van der Waals surface area (Å²) in [6, 6.07) is 14.5. The summed E-state index contributed by atoms with van der Waals surface area (Å²) in [6.45, 7) is 6.45. The third kappa shape index (κ3) is 5.74. The Kier molecular flexibility index (Phi) is 7.41. The van der Waals surface area contributed by atoms with Crippen molar-refractivity contribution in [3.05, 3.63) is 54.1 Å². The molecule has 26 heavy (non-hydrogen) atoms. The zero-order chi connectivity index (χ0) is 18.9. The Morgan fingerprint density at radius 1 is 1.12 bits per heavy atom. The van der Waals surface area contributed by atoms with Crippen LogP contribution in [0.4, 0.5) is 5.69 Å². The molecule has 0 aliphatic rings. The molecule has 5 nitrogen and oxygen atoms in total. The van der Waals surface area contributed by atoms with E-state index in [0.29, 0.717) is 17.9 Å². The van der Waals surface area contributed by atoms with Crippen molar-refractivity contribution in [1.82, 2.24) is 5.32 Å². The summed E-state index contributed by atoms with van der Waals surface area (Å²) in [4.78, 5) is 12.4.